The van der Waals surface area contributed by atoms with E-state index >= 15 is 0 Å². The molecule has 1 aliphatic heterocycles. The Morgan fingerprint density at radius 3 is 2.04 bits per heavy atom. The van der Waals surface area contributed by atoms with E-state index in [0.29, 0.717) is 6.42 Å². The van der Waals surface area contributed by atoms with Crippen LogP contribution in [0.5, 0.6) is 0 Å². The fraction of sp³-hybridized carbons (Fsp3) is 0.351. The fourth-order valence-corrected chi connectivity index (χ4v) is 5.56. The molecule has 3 aromatic carbocycles. The summed E-state index contributed by atoms with van der Waals surface area (Å²) < 4.78 is 10.8. The number of Topliss-reactive ketones (excluding diaryl/α,β-unsaturated/α-hetero) is 1. The molecule has 4 aromatic rings. The zero-order valence-electron chi connectivity index (χ0n) is 27.0. The molecule has 3 amide bonds. The normalized spacial score (nSPS) is 17.4. The Kier molecular flexibility index (Phi) is 10.7. The summed E-state index contributed by atoms with van der Waals surface area (Å²) >= 11 is 0. The van der Waals surface area contributed by atoms with E-state index in [4.69, 9.17) is 9.47 Å². The molecule has 1 aliphatic rings. The minimum absolute atomic E-state index is 0.0493. The van der Waals surface area contributed by atoms with Crippen molar-refractivity contribution in [1.29, 1.82) is 0 Å². The molecule has 0 bridgehead atoms. The maximum atomic E-state index is 14.1. The Labute approximate surface area is 274 Å². The van der Waals surface area contributed by atoms with E-state index in [1.165, 1.54) is 0 Å². The van der Waals surface area contributed by atoms with Crippen molar-refractivity contribution in [2.45, 2.75) is 70.4 Å². The Bertz CT molecular complexity index is 1680. The minimum Gasteiger partial charge on any atom is -0.445 e. The summed E-state index contributed by atoms with van der Waals surface area (Å²) in [6.07, 6.45) is 1.81. The second kappa shape index (κ2) is 15.1. The smallest absolute Gasteiger partial charge is 0.408 e. The van der Waals surface area contributed by atoms with E-state index < -0.39 is 41.6 Å². The molecule has 1 saturated heterocycles. The molecule has 2 heterocycles. The van der Waals surface area contributed by atoms with Crippen LogP contribution in [0.4, 0.5) is 4.79 Å². The first-order valence-electron chi connectivity index (χ1n) is 16.0. The van der Waals surface area contributed by atoms with Crippen LogP contribution in [0.25, 0.3) is 10.9 Å². The molecule has 4 atom stereocenters. The zero-order chi connectivity index (χ0) is 33.4. The van der Waals surface area contributed by atoms with Crippen LogP contribution >= 0.6 is 0 Å². The Morgan fingerprint density at radius 2 is 1.38 bits per heavy atom. The second-order valence-electron chi connectivity index (χ2n) is 12.6. The van der Waals surface area contributed by atoms with Crippen molar-refractivity contribution in [2.75, 3.05) is 6.61 Å². The van der Waals surface area contributed by atoms with Gasteiger partial charge in [-0.15, -0.1) is 0 Å². The highest BCUT2D eigenvalue weighted by Crippen LogP contribution is 2.29. The highest BCUT2D eigenvalue weighted by molar-refractivity contribution is 5.99. The number of nitrogens with one attached hydrogen (secondary N) is 4. The predicted octanol–water partition coefficient (Wildman–Crippen LogP) is 4.62. The molecule has 1 aromatic heterocycles. The average Bonchev–Trinajstić information content (AvgIpc) is 3.70. The number of alkyl carbamates (subject to hydrolysis) is 1. The summed E-state index contributed by atoms with van der Waals surface area (Å²) in [6.45, 7) is 5.92. The minimum atomic E-state index is -1.06. The number of ether oxygens (including phenoxy) is 2. The van der Waals surface area contributed by atoms with Crippen LogP contribution in [0.2, 0.25) is 0 Å². The number of carbonyl (C=O) groups excluding carboxylic acids is 4. The largest absolute Gasteiger partial charge is 0.445 e. The molecule has 10 nitrogen and oxygen atoms in total. The number of hydrogen-bond donors (Lipinski definition) is 4. The van der Waals surface area contributed by atoms with Gasteiger partial charge in [0.15, 0.2) is 5.78 Å². The summed E-state index contributed by atoms with van der Waals surface area (Å²) in [5, 5.41) is 9.42. The van der Waals surface area contributed by atoms with Gasteiger partial charge in [0.05, 0.1) is 12.6 Å². The number of amides is 3. The van der Waals surface area contributed by atoms with Gasteiger partial charge in [-0.05, 0) is 48.4 Å². The van der Waals surface area contributed by atoms with Gasteiger partial charge in [0.1, 0.15) is 24.3 Å². The summed E-state index contributed by atoms with van der Waals surface area (Å²) in [5.74, 6) is -1.23. The van der Waals surface area contributed by atoms with Crippen molar-refractivity contribution in [3.05, 3.63) is 108 Å². The van der Waals surface area contributed by atoms with Gasteiger partial charge in [0.25, 0.3) is 0 Å². The molecule has 1 fully saturated rings. The molecule has 2 unspecified atom stereocenters. The number of aromatic nitrogens is 1. The second-order valence-corrected chi connectivity index (χ2v) is 12.6. The third kappa shape index (κ3) is 9.07. The van der Waals surface area contributed by atoms with E-state index in [1.807, 2.05) is 105 Å². The number of rotatable bonds is 15. The van der Waals surface area contributed by atoms with Crippen molar-refractivity contribution >= 4 is 34.6 Å². The van der Waals surface area contributed by atoms with Gasteiger partial charge in [-0.25, -0.2) is 4.79 Å². The van der Waals surface area contributed by atoms with Gasteiger partial charge in [-0.1, -0.05) is 92.7 Å². The lowest BCUT2D eigenvalue weighted by Crippen LogP contribution is -2.57. The quantitative estimate of drug-likeness (QED) is 0.140. The van der Waals surface area contributed by atoms with Gasteiger partial charge in [0.2, 0.25) is 11.8 Å². The number of H-pyrrole nitrogens is 1. The van der Waals surface area contributed by atoms with Crippen LogP contribution in [-0.4, -0.2) is 59.0 Å². The standard InChI is InChI=1S/C37H42N4O6/c1-24(2)18-31(41-36(45)46-22-26-14-8-5-9-15-26)34(43)40-32(20-27-21-38-29-17-11-10-16-28(27)29)35(44)39-30(33(42)37(3)23-47-37)19-25-12-6-4-7-13-25/h4-17,21,24,30-32,38H,18-20,22-23H2,1-3H3,(H,39,44)(H,40,43)(H,41,45)/t30?,31-,32+,37?/m1/s1. The number of carbonyl (C=O) groups is 4. The first kappa shape index (κ1) is 33.4. The van der Waals surface area contributed by atoms with Crippen LogP contribution in [0.15, 0.2) is 91.1 Å². The summed E-state index contributed by atoms with van der Waals surface area (Å²) in [6, 6.07) is 23.5. The number of hydrogen-bond acceptors (Lipinski definition) is 6. The van der Waals surface area contributed by atoms with Crippen LogP contribution in [0.3, 0.4) is 0 Å². The molecule has 5 rings (SSSR count). The van der Waals surface area contributed by atoms with Crippen molar-refractivity contribution in [3.63, 3.8) is 0 Å². The van der Waals surface area contributed by atoms with Crippen LogP contribution in [0.1, 0.15) is 43.9 Å². The number of para-hydroxylation sites is 1. The molecule has 0 saturated carbocycles. The van der Waals surface area contributed by atoms with E-state index in [2.05, 4.69) is 20.9 Å². The highest BCUT2D eigenvalue weighted by atomic mass is 16.6. The maximum absolute atomic E-state index is 14.1. The summed E-state index contributed by atoms with van der Waals surface area (Å²) in [5.41, 5.74) is 2.44. The zero-order valence-corrected chi connectivity index (χ0v) is 27.0. The molecule has 47 heavy (non-hydrogen) atoms. The van der Waals surface area contributed by atoms with E-state index in [1.54, 1.807) is 6.92 Å². The highest BCUT2D eigenvalue weighted by Gasteiger charge is 2.50. The third-order valence-electron chi connectivity index (χ3n) is 8.27. The monoisotopic (exact) mass is 638 g/mol. The molecule has 0 spiro atoms. The molecular weight excluding hydrogens is 596 g/mol. The summed E-state index contributed by atoms with van der Waals surface area (Å²) in [7, 11) is 0. The number of benzene rings is 3. The molecule has 10 heteroatoms. The Morgan fingerprint density at radius 1 is 0.787 bits per heavy atom. The molecule has 0 aliphatic carbocycles. The SMILES string of the molecule is CC(C)C[C@@H](NC(=O)OCc1ccccc1)C(=O)N[C@@H](Cc1c[nH]c2ccccc12)C(=O)NC(Cc1ccccc1)C(=O)C1(C)CO1. The predicted molar refractivity (Wildman–Crippen MR) is 178 cm³/mol. The van der Waals surface area contributed by atoms with Gasteiger partial charge in [-0.2, -0.15) is 0 Å². The van der Waals surface area contributed by atoms with Crippen molar-refractivity contribution in [1.82, 2.24) is 20.9 Å². The fourth-order valence-electron chi connectivity index (χ4n) is 5.56. The molecule has 4 N–H and O–H groups in total. The number of epoxide rings is 1. The number of aromatic amines is 1. The summed E-state index contributed by atoms with van der Waals surface area (Å²) in [4.78, 5) is 57.4. The molecule has 0 radical (unpaired) electrons. The molecular formula is C37H42N4O6. The first-order valence-corrected chi connectivity index (χ1v) is 16.0. The lowest BCUT2D eigenvalue weighted by Gasteiger charge is -2.26. The van der Waals surface area contributed by atoms with E-state index in [-0.39, 0.29) is 37.8 Å². The average molecular weight is 639 g/mol. The Balaban J connectivity index is 1.36. The van der Waals surface area contributed by atoms with Gasteiger partial charge >= 0.3 is 6.09 Å². The lowest BCUT2D eigenvalue weighted by molar-refractivity contribution is -0.133. The van der Waals surface area contributed by atoms with E-state index in [0.717, 1.165) is 27.6 Å². The van der Waals surface area contributed by atoms with Crippen LogP contribution in [0, 0.1) is 5.92 Å². The van der Waals surface area contributed by atoms with E-state index in [9.17, 15) is 19.2 Å². The van der Waals surface area contributed by atoms with Crippen molar-refractivity contribution < 1.29 is 28.7 Å². The maximum Gasteiger partial charge on any atom is 0.408 e. The van der Waals surface area contributed by atoms with Gasteiger partial charge in [0, 0.05) is 23.5 Å². The van der Waals surface area contributed by atoms with Crippen molar-refractivity contribution in [3.8, 4) is 0 Å². The molecule has 246 valence electrons. The lowest BCUT2D eigenvalue weighted by atomic mass is 9.94. The van der Waals surface area contributed by atoms with Gasteiger partial charge < -0.3 is 30.4 Å². The number of fused-ring (bicyclic) bond motifs is 1. The van der Waals surface area contributed by atoms with Crippen LogP contribution in [-0.2, 0) is 43.3 Å². The first-order chi connectivity index (χ1) is 22.6. The van der Waals surface area contributed by atoms with Crippen LogP contribution < -0.4 is 16.0 Å². The Hall–Kier alpha value is -4.96. The third-order valence-corrected chi connectivity index (χ3v) is 8.27. The van der Waals surface area contributed by atoms with Crippen molar-refractivity contribution in [2.24, 2.45) is 5.92 Å². The van der Waals surface area contributed by atoms with Gasteiger partial charge in [-0.3, -0.25) is 14.4 Å². The number of ketones is 1. The topological polar surface area (TPSA) is 142 Å².